The number of rotatable bonds is 9. The predicted octanol–water partition coefficient (Wildman–Crippen LogP) is 3.94. The molecule has 1 aromatic carbocycles. The van der Waals surface area contributed by atoms with Crippen molar-refractivity contribution in [2.24, 2.45) is 11.5 Å². The van der Waals surface area contributed by atoms with Gasteiger partial charge in [-0.25, -0.2) is 9.97 Å². The van der Waals surface area contributed by atoms with Crippen molar-refractivity contribution in [2.75, 3.05) is 18.9 Å². The molecule has 0 radical (unpaired) electrons. The second-order valence-electron chi connectivity index (χ2n) is 7.29. The summed E-state index contributed by atoms with van der Waals surface area (Å²) in [5.41, 5.74) is 17.2. The zero-order valence-electron chi connectivity index (χ0n) is 17.5. The number of ether oxygens (including phenoxy) is 1. The number of hydrogen-bond donors (Lipinski definition) is 2. The number of thiazole rings is 1. The van der Waals surface area contributed by atoms with Crippen molar-refractivity contribution in [3.63, 3.8) is 0 Å². The Morgan fingerprint density at radius 3 is 2.74 bits per heavy atom. The second kappa shape index (κ2) is 9.72. The van der Waals surface area contributed by atoms with Gasteiger partial charge in [0.25, 0.3) is 0 Å². The summed E-state index contributed by atoms with van der Waals surface area (Å²) in [4.78, 5) is 10.1. The molecule has 1 unspecified atom stereocenters. The summed E-state index contributed by atoms with van der Waals surface area (Å²) >= 11 is 1.55. The van der Waals surface area contributed by atoms with Crippen LogP contribution in [0.25, 0.3) is 27.5 Å². The third kappa shape index (κ3) is 4.56. The van der Waals surface area contributed by atoms with Crippen LogP contribution in [-0.4, -0.2) is 33.1 Å². The Hall–Kier alpha value is -2.55. The fourth-order valence-corrected chi connectivity index (χ4v) is 5.65. The number of nitrogens with zero attached hydrogens (tertiary/aromatic N) is 2. The molecule has 0 amide bonds. The SMILES string of the molecule is CCCCS(=O)C1=C(N)c2c(-c3ccc(OCCN)cc3)cc(-c3nccs3)nc2C1. The number of fused-ring (bicyclic) bond motifs is 1. The van der Waals surface area contributed by atoms with E-state index in [1.54, 1.807) is 17.5 Å². The first-order chi connectivity index (χ1) is 15.1. The van der Waals surface area contributed by atoms with Gasteiger partial charge >= 0.3 is 0 Å². The minimum Gasteiger partial charge on any atom is -0.492 e. The molecular weight excluding hydrogens is 428 g/mol. The number of pyridine rings is 1. The second-order valence-corrected chi connectivity index (χ2v) is 9.78. The zero-order valence-corrected chi connectivity index (χ0v) is 19.1. The average Bonchev–Trinajstić information content (AvgIpc) is 3.44. The molecule has 0 fully saturated rings. The quantitative estimate of drug-likeness (QED) is 0.507. The van der Waals surface area contributed by atoms with Crippen molar-refractivity contribution in [1.29, 1.82) is 0 Å². The lowest BCUT2D eigenvalue weighted by Crippen LogP contribution is -2.10. The molecule has 6 nitrogen and oxygen atoms in total. The van der Waals surface area contributed by atoms with Crippen molar-refractivity contribution in [1.82, 2.24) is 9.97 Å². The van der Waals surface area contributed by atoms with Gasteiger partial charge in [0.1, 0.15) is 17.4 Å². The fraction of sp³-hybridized carbons (Fsp3) is 0.304. The number of unbranched alkanes of at least 4 members (excludes halogenated alkanes) is 1. The maximum Gasteiger partial charge on any atom is 0.141 e. The molecule has 0 aliphatic heterocycles. The number of allylic oxidation sites excluding steroid dienone is 1. The molecule has 1 aliphatic carbocycles. The Morgan fingerprint density at radius 1 is 1.26 bits per heavy atom. The molecule has 31 heavy (non-hydrogen) atoms. The monoisotopic (exact) mass is 454 g/mol. The molecule has 2 aromatic heterocycles. The van der Waals surface area contributed by atoms with Crippen LogP contribution in [-0.2, 0) is 17.2 Å². The molecule has 4 N–H and O–H groups in total. The van der Waals surface area contributed by atoms with Crippen LogP contribution in [0, 0.1) is 0 Å². The Morgan fingerprint density at radius 2 is 2.06 bits per heavy atom. The summed E-state index contributed by atoms with van der Waals surface area (Å²) in [6, 6.07) is 9.89. The molecule has 1 aliphatic rings. The molecular formula is C23H26N4O2S2. The summed E-state index contributed by atoms with van der Waals surface area (Å²) in [7, 11) is -1.10. The molecule has 8 heteroatoms. The fourth-order valence-electron chi connectivity index (χ4n) is 3.61. The Labute approximate surface area is 188 Å². The lowest BCUT2D eigenvalue weighted by molar-refractivity contribution is 0.328. The lowest BCUT2D eigenvalue weighted by atomic mass is 9.98. The van der Waals surface area contributed by atoms with Crippen LogP contribution in [0.15, 0.2) is 46.8 Å². The number of hydrogen-bond acceptors (Lipinski definition) is 7. The topological polar surface area (TPSA) is 104 Å². The van der Waals surface area contributed by atoms with Gasteiger partial charge in [-0.1, -0.05) is 25.5 Å². The van der Waals surface area contributed by atoms with Gasteiger partial charge in [0.2, 0.25) is 0 Å². The molecule has 0 spiro atoms. The molecule has 2 heterocycles. The van der Waals surface area contributed by atoms with Gasteiger partial charge < -0.3 is 16.2 Å². The van der Waals surface area contributed by atoms with Crippen molar-refractivity contribution >= 4 is 27.8 Å². The highest BCUT2D eigenvalue weighted by Crippen LogP contribution is 2.40. The average molecular weight is 455 g/mol. The van der Waals surface area contributed by atoms with Crippen LogP contribution in [0.2, 0.25) is 0 Å². The van der Waals surface area contributed by atoms with E-state index in [4.69, 9.17) is 21.2 Å². The predicted molar refractivity (Wildman–Crippen MR) is 128 cm³/mol. The van der Waals surface area contributed by atoms with Gasteiger partial charge in [0.05, 0.1) is 27.9 Å². The van der Waals surface area contributed by atoms with E-state index in [0.717, 1.165) is 56.6 Å². The molecule has 4 rings (SSSR count). The van der Waals surface area contributed by atoms with Crippen molar-refractivity contribution in [2.45, 2.75) is 26.2 Å². The van der Waals surface area contributed by atoms with Crippen LogP contribution < -0.4 is 16.2 Å². The van der Waals surface area contributed by atoms with E-state index in [2.05, 4.69) is 11.9 Å². The molecule has 0 saturated carbocycles. The van der Waals surface area contributed by atoms with Crippen LogP contribution in [0.4, 0.5) is 0 Å². The molecule has 162 valence electrons. The highest BCUT2D eigenvalue weighted by atomic mass is 32.2. The first kappa shape index (κ1) is 21.7. The van der Waals surface area contributed by atoms with Crippen molar-refractivity contribution in [3.8, 4) is 27.6 Å². The maximum atomic E-state index is 12.9. The smallest absolute Gasteiger partial charge is 0.141 e. The van der Waals surface area contributed by atoms with E-state index in [1.807, 2.05) is 35.7 Å². The maximum absolute atomic E-state index is 12.9. The largest absolute Gasteiger partial charge is 0.492 e. The summed E-state index contributed by atoms with van der Waals surface area (Å²) in [5.74, 6) is 1.40. The lowest BCUT2D eigenvalue weighted by Gasteiger charge is -2.13. The molecule has 0 bridgehead atoms. The van der Waals surface area contributed by atoms with Gasteiger partial charge in [0, 0.05) is 40.8 Å². The van der Waals surface area contributed by atoms with E-state index in [9.17, 15) is 4.21 Å². The van der Waals surface area contributed by atoms with E-state index in [-0.39, 0.29) is 0 Å². The molecule has 3 aromatic rings. The van der Waals surface area contributed by atoms with Gasteiger partial charge in [0.15, 0.2) is 0 Å². The van der Waals surface area contributed by atoms with Gasteiger partial charge in [-0.05, 0) is 35.7 Å². The van der Waals surface area contributed by atoms with Crippen molar-refractivity contribution in [3.05, 3.63) is 58.1 Å². The van der Waals surface area contributed by atoms with Crippen LogP contribution in [0.5, 0.6) is 5.75 Å². The summed E-state index contributed by atoms with van der Waals surface area (Å²) in [6.07, 6.45) is 4.20. The normalized spacial score (nSPS) is 14.0. The van der Waals surface area contributed by atoms with Gasteiger partial charge in [-0.3, -0.25) is 4.21 Å². The van der Waals surface area contributed by atoms with Gasteiger partial charge in [-0.15, -0.1) is 11.3 Å². The first-order valence-corrected chi connectivity index (χ1v) is 12.6. The molecule has 0 saturated heterocycles. The summed E-state index contributed by atoms with van der Waals surface area (Å²) < 4.78 is 18.5. The van der Waals surface area contributed by atoms with E-state index < -0.39 is 10.8 Å². The van der Waals surface area contributed by atoms with Gasteiger partial charge in [-0.2, -0.15) is 0 Å². The van der Waals surface area contributed by atoms with E-state index in [0.29, 0.717) is 31.0 Å². The van der Waals surface area contributed by atoms with Crippen LogP contribution >= 0.6 is 11.3 Å². The molecule has 1 atom stereocenters. The third-order valence-corrected chi connectivity index (χ3v) is 7.52. The number of nitrogens with two attached hydrogens (primary N) is 2. The highest BCUT2D eigenvalue weighted by Gasteiger charge is 2.29. The van der Waals surface area contributed by atoms with E-state index in [1.165, 1.54) is 0 Å². The minimum atomic E-state index is -1.10. The first-order valence-electron chi connectivity index (χ1n) is 10.4. The highest BCUT2D eigenvalue weighted by molar-refractivity contribution is 7.89. The third-order valence-electron chi connectivity index (χ3n) is 5.15. The van der Waals surface area contributed by atoms with Crippen molar-refractivity contribution < 1.29 is 8.95 Å². The minimum absolute atomic E-state index is 0.468. The number of benzene rings is 1. The summed E-state index contributed by atoms with van der Waals surface area (Å²) in [5, 5.41) is 2.79. The zero-order chi connectivity index (χ0) is 21.8. The Bertz CT molecular complexity index is 1110. The van der Waals surface area contributed by atoms with E-state index >= 15 is 0 Å². The standard InChI is InChI=1S/C23H26N4O2S2/c1-2-3-12-31(28)20-14-18-21(22(20)25)17(13-19(27-18)23-26-9-11-30-23)15-4-6-16(7-5-15)29-10-8-24/h4-7,9,11,13H,2-3,8,10,12,14,24-25H2,1H3. The van der Waals surface area contributed by atoms with Crippen LogP contribution in [0.1, 0.15) is 31.0 Å². The number of aromatic nitrogens is 2. The Kier molecular flexibility index (Phi) is 6.80. The Balaban J connectivity index is 1.78. The summed E-state index contributed by atoms with van der Waals surface area (Å²) in [6.45, 7) is 3.04. The van der Waals surface area contributed by atoms with Crippen LogP contribution in [0.3, 0.4) is 0 Å².